The SMILES string of the molecule is CCOC(=O)c1csc(NC(=O)CSCCN)c1C(=O)OCC. The molecule has 9 heteroatoms. The first kappa shape index (κ1) is 19.5. The quantitative estimate of drug-likeness (QED) is 0.510. The summed E-state index contributed by atoms with van der Waals surface area (Å²) in [4.78, 5) is 35.9. The minimum atomic E-state index is -0.665. The molecule has 0 aliphatic heterocycles. The topological polar surface area (TPSA) is 108 Å². The summed E-state index contributed by atoms with van der Waals surface area (Å²) in [6.45, 7) is 4.17. The third-order valence-corrected chi connectivity index (χ3v) is 4.40. The minimum absolute atomic E-state index is 0.0347. The number of ether oxygens (including phenoxy) is 2. The van der Waals surface area contributed by atoms with Gasteiger partial charge in [0.25, 0.3) is 0 Å². The molecule has 0 aliphatic carbocycles. The van der Waals surface area contributed by atoms with Crippen molar-refractivity contribution in [3.63, 3.8) is 0 Å². The molecular formula is C14H20N2O5S2. The van der Waals surface area contributed by atoms with Gasteiger partial charge in [-0.3, -0.25) is 4.79 Å². The molecule has 0 aromatic carbocycles. The summed E-state index contributed by atoms with van der Waals surface area (Å²) in [5, 5.41) is 4.40. The number of hydrogen-bond acceptors (Lipinski definition) is 8. The number of amides is 1. The summed E-state index contributed by atoms with van der Waals surface area (Å²) in [5.41, 5.74) is 5.50. The molecule has 1 amide bonds. The van der Waals surface area contributed by atoms with Crippen LogP contribution in [0.15, 0.2) is 5.38 Å². The van der Waals surface area contributed by atoms with Crippen molar-refractivity contribution in [1.82, 2.24) is 0 Å². The summed E-state index contributed by atoms with van der Waals surface area (Å²) in [5.74, 6) is -0.680. The third kappa shape index (κ3) is 5.85. The van der Waals surface area contributed by atoms with Gasteiger partial charge >= 0.3 is 11.9 Å². The lowest BCUT2D eigenvalue weighted by atomic mass is 10.2. The van der Waals surface area contributed by atoms with Gasteiger partial charge in [-0.15, -0.1) is 11.3 Å². The van der Waals surface area contributed by atoms with Crippen LogP contribution in [0.2, 0.25) is 0 Å². The van der Waals surface area contributed by atoms with E-state index in [4.69, 9.17) is 15.2 Å². The number of rotatable bonds is 9. The van der Waals surface area contributed by atoms with Crippen LogP contribution in [0.4, 0.5) is 5.00 Å². The summed E-state index contributed by atoms with van der Waals surface area (Å²) >= 11 is 2.47. The van der Waals surface area contributed by atoms with Gasteiger partial charge < -0.3 is 20.5 Å². The molecule has 23 heavy (non-hydrogen) atoms. The van der Waals surface area contributed by atoms with Gasteiger partial charge in [0.15, 0.2) is 0 Å². The van der Waals surface area contributed by atoms with Gasteiger partial charge in [-0.1, -0.05) is 0 Å². The fourth-order valence-electron chi connectivity index (χ4n) is 1.63. The Morgan fingerprint density at radius 3 is 2.48 bits per heavy atom. The van der Waals surface area contributed by atoms with Crippen LogP contribution in [0.1, 0.15) is 34.6 Å². The van der Waals surface area contributed by atoms with E-state index in [1.807, 2.05) is 0 Å². The van der Waals surface area contributed by atoms with Crippen molar-refractivity contribution in [3.8, 4) is 0 Å². The number of thioether (sulfide) groups is 1. The predicted molar refractivity (Wildman–Crippen MR) is 91.2 cm³/mol. The molecule has 0 radical (unpaired) electrons. The second-order valence-corrected chi connectivity index (χ2v) is 6.17. The average molecular weight is 360 g/mol. The summed E-state index contributed by atoms with van der Waals surface area (Å²) in [6.07, 6.45) is 0. The van der Waals surface area contributed by atoms with Gasteiger partial charge in [0.05, 0.1) is 24.5 Å². The van der Waals surface area contributed by atoms with E-state index in [2.05, 4.69) is 5.32 Å². The molecule has 0 aliphatic rings. The van der Waals surface area contributed by atoms with Crippen LogP contribution in [0.25, 0.3) is 0 Å². The fourth-order valence-corrected chi connectivity index (χ4v) is 3.13. The molecule has 1 aromatic rings. The summed E-state index contributed by atoms with van der Waals surface area (Å²) in [6, 6.07) is 0. The first-order valence-corrected chi connectivity index (χ1v) is 9.11. The molecule has 0 bridgehead atoms. The Kier molecular flexibility index (Phi) is 8.67. The van der Waals surface area contributed by atoms with Gasteiger partial charge in [-0.2, -0.15) is 11.8 Å². The Labute approximate surface area is 142 Å². The Morgan fingerprint density at radius 1 is 1.22 bits per heavy atom. The molecule has 7 nitrogen and oxygen atoms in total. The van der Waals surface area contributed by atoms with E-state index in [0.29, 0.717) is 12.3 Å². The minimum Gasteiger partial charge on any atom is -0.462 e. The highest BCUT2D eigenvalue weighted by atomic mass is 32.2. The number of nitrogens with one attached hydrogen (secondary N) is 1. The molecule has 0 saturated heterocycles. The monoisotopic (exact) mass is 360 g/mol. The van der Waals surface area contributed by atoms with E-state index >= 15 is 0 Å². The average Bonchev–Trinajstić information content (AvgIpc) is 2.91. The molecule has 0 spiro atoms. The molecule has 1 rings (SSSR count). The van der Waals surface area contributed by atoms with Gasteiger partial charge in [-0.05, 0) is 13.8 Å². The zero-order valence-corrected chi connectivity index (χ0v) is 14.7. The van der Waals surface area contributed by atoms with E-state index in [1.54, 1.807) is 13.8 Å². The van der Waals surface area contributed by atoms with Gasteiger partial charge in [-0.25, -0.2) is 9.59 Å². The van der Waals surface area contributed by atoms with Crippen LogP contribution in [0, 0.1) is 0 Å². The number of thiophene rings is 1. The Balaban J connectivity index is 2.95. The lowest BCUT2D eigenvalue weighted by Gasteiger charge is -2.08. The lowest BCUT2D eigenvalue weighted by Crippen LogP contribution is -2.18. The van der Waals surface area contributed by atoms with Crippen molar-refractivity contribution in [1.29, 1.82) is 0 Å². The molecule has 128 valence electrons. The van der Waals surface area contributed by atoms with Crippen molar-refractivity contribution in [2.75, 3.05) is 36.6 Å². The molecular weight excluding hydrogens is 340 g/mol. The second kappa shape index (κ2) is 10.2. The maximum Gasteiger partial charge on any atom is 0.342 e. The van der Waals surface area contributed by atoms with Crippen LogP contribution in [0.3, 0.4) is 0 Å². The number of carbonyl (C=O) groups excluding carboxylic acids is 3. The van der Waals surface area contributed by atoms with E-state index in [9.17, 15) is 14.4 Å². The van der Waals surface area contributed by atoms with Crippen molar-refractivity contribution in [2.45, 2.75) is 13.8 Å². The highest BCUT2D eigenvalue weighted by Gasteiger charge is 2.26. The summed E-state index contributed by atoms with van der Waals surface area (Å²) in [7, 11) is 0. The van der Waals surface area contributed by atoms with E-state index in [0.717, 1.165) is 11.3 Å². The molecule has 1 aromatic heterocycles. The maximum absolute atomic E-state index is 12.1. The zero-order chi connectivity index (χ0) is 17.2. The number of nitrogens with two attached hydrogens (primary N) is 1. The number of hydrogen-bond donors (Lipinski definition) is 2. The van der Waals surface area contributed by atoms with Gasteiger partial charge in [0.2, 0.25) is 5.91 Å². The summed E-state index contributed by atoms with van der Waals surface area (Å²) < 4.78 is 9.89. The highest BCUT2D eigenvalue weighted by molar-refractivity contribution is 7.99. The van der Waals surface area contributed by atoms with Crippen LogP contribution in [-0.2, 0) is 14.3 Å². The molecule has 0 atom stereocenters. The molecule has 1 heterocycles. The normalized spacial score (nSPS) is 10.2. The van der Waals surface area contributed by atoms with Crippen molar-refractivity contribution < 1.29 is 23.9 Å². The Bertz CT molecular complexity index is 559. The predicted octanol–water partition coefficient (Wildman–Crippen LogP) is 1.73. The Morgan fingerprint density at radius 2 is 1.87 bits per heavy atom. The number of carbonyl (C=O) groups is 3. The lowest BCUT2D eigenvalue weighted by molar-refractivity contribution is -0.113. The first-order valence-electron chi connectivity index (χ1n) is 7.08. The zero-order valence-electron chi connectivity index (χ0n) is 13.0. The molecule has 0 unspecified atom stereocenters. The maximum atomic E-state index is 12.1. The molecule has 0 saturated carbocycles. The van der Waals surface area contributed by atoms with Crippen LogP contribution >= 0.6 is 23.1 Å². The fraction of sp³-hybridized carbons (Fsp3) is 0.500. The van der Waals surface area contributed by atoms with Crippen molar-refractivity contribution in [2.24, 2.45) is 5.73 Å². The first-order chi connectivity index (χ1) is 11.0. The van der Waals surface area contributed by atoms with E-state index in [-0.39, 0.29) is 41.0 Å². The third-order valence-electron chi connectivity index (χ3n) is 2.51. The molecule has 0 fully saturated rings. The number of esters is 2. The van der Waals surface area contributed by atoms with E-state index < -0.39 is 11.9 Å². The second-order valence-electron chi connectivity index (χ2n) is 4.18. The largest absolute Gasteiger partial charge is 0.462 e. The number of anilines is 1. The van der Waals surface area contributed by atoms with Crippen molar-refractivity contribution >= 4 is 45.9 Å². The smallest absolute Gasteiger partial charge is 0.342 e. The van der Waals surface area contributed by atoms with E-state index in [1.165, 1.54) is 17.1 Å². The standard InChI is InChI=1S/C14H20N2O5S2/c1-3-20-13(18)9-7-23-12(11(9)14(19)21-4-2)16-10(17)8-22-6-5-15/h7H,3-6,8,15H2,1-2H3,(H,16,17). The molecule has 3 N–H and O–H groups in total. The van der Waals surface area contributed by atoms with Gasteiger partial charge in [0, 0.05) is 17.7 Å². The van der Waals surface area contributed by atoms with Gasteiger partial charge in [0.1, 0.15) is 10.6 Å². The van der Waals surface area contributed by atoms with Crippen molar-refractivity contribution in [3.05, 3.63) is 16.5 Å². The van der Waals surface area contributed by atoms with Crippen LogP contribution in [-0.4, -0.2) is 49.1 Å². The Hall–Kier alpha value is -1.58. The van der Waals surface area contributed by atoms with Crippen LogP contribution < -0.4 is 11.1 Å². The highest BCUT2D eigenvalue weighted by Crippen LogP contribution is 2.30. The van der Waals surface area contributed by atoms with Crippen LogP contribution in [0.5, 0.6) is 0 Å².